The predicted molar refractivity (Wildman–Crippen MR) is 133 cm³/mol. The van der Waals surface area contributed by atoms with E-state index in [1.54, 1.807) is 45.4 Å². The molecular weight excluding hydrogens is 468 g/mol. The van der Waals surface area contributed by atoms with Crippen LogP contribution < -0.4 is 20.1 Å². The van der Waals surface area contributed by atoms with Crippen molar-refractivity contribution in [1.82, 2.24) is 19.7 Å². The molecule has 2 amide bonds. The van der Waals surface area contributed by atoms with Gasteiger partial charge in [-0.1, -0.05) is 0 Å². The molecule has 0 bridgehead atoms. The Morgan fingerprint density at radius 3 is 2.40 bits per heavy atom. The van der Waals surface area contributed by atoms with Gasteiger partial charge in [-0.2, -0.15) is 5.10 Å². The number of rotatable bonds is 9. The van der Waals surface area contributed by atoms with Crippen LogP contribution in [0.1, 0.15) is 18.7 Å². The lowest BCUT2D eigenvalue weighted by atomic mass is 10.2. The van der Waals surface area contributed by atoms with Crippen molar-refractivity contribution in [3.05, 3.63) is 66.2 Å². The van der Waals surface area contributed by atoms with Crippen LogP contribution in [0.2, 0.25) is 0 Å². The summed E-state index contributed by atoms with van der Waals surface area (Å²) in [5.41, 5.74) is 2.78. The van der Waals surface area contributed by atoms with Gasteiger partial charge in [0.05, 0.1) is 26.3 Å². The van der Waals surface area contributed by atoms with Crippen LogP contribution in [0.25, 0.3) is 10.6 Å². The van der Waals surface area contributed by atoms with E-state index in [1.807, 2.05) is 23.6 Å². The number of nitrogens with zero attached hydrogens (tertiary/aromatic N) is 4. The Hall–Kier alpha value is -4.25. The zero-order valence-corrected chi connectivity index (χ0v) is 20.2. The van der Waals surface area contributed by atoms with E-state index in [1.165, 1.54) is 28.7 Å². The Balaban J connectivity index is 1.33. The molecule has 2 aromatic carbocycles. The van der Waals surface area contributed by atoms with E-state index in [-0.39, 0.29) is 18.2 Å². The van der Waals surface area contributed by atoms with Crippen LogP contribution in [-0.2, 0) is 16.0 Å². The monoisotopic (exact) mass is 492 g/mol. The van der Waals surface area contributed by atoms with Crippen molar-refractivity contribution in [2.45, 2.75) is 19.4 Å². The molecule has 1 atom stereocenters. The highest BCUT2D eigenvalue weighted by Gasteiger charge is 2.16. The molecule has 1 unspecified atom stereocenters. The summed E-state index contributed by atoms with van der Waals surface area (Å²) in [5.74, 6) is 0.849. The number of hydrogen-bond donors (Lipinski definition) is 2. The Morgan fingerprint density at radius 2 is 1.74 bits per heavy atom. The molecular formula is C24H24N6O4S. The van der Waals surface area contributed by atoms with Crippen molar-refractivity contribution in [2.75, 3.05) is 24.9 Å². The minimum absolute atomic E-state index is 0.137. The van der Waals surface area contributed by atoms with Gasteiger partial charge in [0, 0.05) is 22.3 Å². The fourth-order valence-electron chi connectivity index (χ4n) is 3.28. The predicted octanol–water partition coefficient (Wildman–Crippen LogP) is 3.80. The van der Waals surface area contributed by atoms with E-state index in [0.717, 1.165) is 10.6 Å². The molecule has 180 valence electrons. The van der Waals surface area contributed by atoms with Gasteiger partial charge in [-0.25, -0.2) is 14.6 Å². The smallest absolute Gasteiger partial charge is 0.249 e. The molecule has 11 heteroatoms. The number of hydrogen-bond acceptors (Lipinski definition) is 8. The van der Waals surface area contributed by atoms with Crippen LogP contribution in [0.3, 0.4) is 0 Å². The number of benzene rings is 2. The number of carbonyl (C=O) groups is 2. The highest BCUT2D eigenvalue weighted by molar-refractivity contribution is 7.13. The maximum atomic E-state index is 12.5. The van der Waals surface area contributed by atoms with Gasteiger partial charge >= 0.3 is 0 Å². The summed E-state index contributed by atoms with van der Waals surface area (Å²) in [6, 6.07) is 12.0. The minimum atomic E-state index is -0.501. The lowest BCUT2D eigenvalue weighted by Gasteiger charge is -2.12. The third-order valence-electron chi connectivity index (χ3n) is 5.17. The maximum Gasteiger partial charge on any atom is 0.249 e. The number of ether oxygens (including phenoxy) is 2. The normalized spacial score (nSPS) is 11.5. The van der Waals surface area contributed by atoms with Crippen LogP contribution in [0.4, 0.5) is 11.4 Å². The van der Waals surface area contributed by atoms with E-state index in [9.17, 15) is 9.59 Å². The van der Waals surface area contributed by atoms with Gasteiger partial charge in [0.1, 0.15) is 23.7 Å². The second-order valence-corrected chi connectivity index (χ2v) is 8.41. The topological polar surface area (TPSA) is 120 Å². The molecule has 0 spiro atoms. The zero-order chi connectivity index (χ0) is 24.8. The van der Waals surface area contributed by atoms with Gasteiger partial charge in [-0.05, 0) is 49.4 Å². The fraction of sp³-hybridized carbons (Fsp3) is 0.208. The van der Waals surface area contributed by atoms with Crippen LogP contribution in [0, 0.1) is 0 Å². The fourth-order valence-corrected chi connectivity index (χ4v) is 4.10. The average Bonchev–Trinajstić information content (AvgIpc) is 3.57. The van der Waals surface area contributed by atoms with Gasteiger partial charge in [0.25, 0.3) is 0 Å². The summed E-state index contributed by atoms with van der Waals surface area (Å²) in [6.45, 7) is 1.73. The van der Waals surface area contributed by atoms with Crippen molar-refractivity contribution in [1.29, 1.82) is 0 Å². The summed E-state index contributed by atoms with van der Waals surface area (Å²) in [4.78, 5) is 33.3. The molecule has 35 heavy (non-hydrogen) atoms. The summed E-state index contributed by atoms with van der Waals surface area (Å²) in [6.07, 6.45) is 3.00. The van der Waals surface area contributed by atoms with Crippen LogP contribution >= 0.6 is 11.3 Å². The van der Waals surface area contributed by atoms with Crippen LogP contribution in [0.15, 0.2) is 60.5 Å². The first-order valence-corrected chi connectivity index (χ1v) is 11.6. The van der Waals surface area contributed by atoms with E-state index in [0.29, 0.717) is 28.6 Å². The number of anilines is 2. The number of carbonyl (C=O) groups excluding carboxylic acids is 2. The van der Waals surface area contributed by atoms with Gasteiger partial charge in [-0.3, -0.25) is 9.59 Å². The van der Waals surface area contributed by atoms with Crippen molar-refractivity contribution >= 4 is 34.5 Å². The molecule has 0 aliphatic carbocycles. The molecule has 0 saturated carbocycles. The largest absolute Gasteiger partial charge is 0.493 e. The van der Waals surface area contributed by atoms with E-state index < -0.39 is 6.04 Å². The second-order valence-electron chi connectivity index (χ2n) is 7.56. The first-order valence-electron chi connectivity index (χ1n) is 10.7. The van der Waals surface area contributed by atoms with E-state index in [4.69, 9.17) is 9.47 Å². The Kier molecular flexibility index (Phi) is 7.36. The van der Waals surface area contributed by atoms with Gasteiger partial charge in [-0.15, -0.1) is 11.3 Å². The molecule has 0 radical (unpaired) electrons. The summed E-state index contributed by atoms with van der Waals surface area (Å²) in [5, 5.41) is 12.3. The maximum absolute atomic E-state index is 12.5. The van der Waals surface area contributed by atoms with Crippen molar-refractivity contribution in [3.63, 3.8) is 0 Å². The van der Waals surface area contributed by atoms with E-state index >= 15 is 0 Å². The third kappa shape index (κ3) is 5.82. The molecule has 0 fully saturated rings. The molecule has 0 saturated heterocycles. The number of aromatic nitrogens is 4. The van der Waals surface area contributed by atoms with Crippen LogP contribution in [-0.4, -0.2) is 45.8 Å². The summed E-state index contributed by atoms with van der Waals surface area (Å²) >= 11 is 1.45. The average molecular weight is 493 g/mol. The second kappa shape index (κ2) is 10.8. The van der Waals surface area contributed by atoms with Gasteiger partial charge in [0.15, 0.2) is 11.5 Å². The van der Waals surface area contributed by atoms with Crippen molar-refractivity contribution < 1.29 is 19.1 Å². The molecule has 10 nitrogen and oxygen atoms in total. The standard InChI is InChI=1S/C24H24N6O4S/c1-15(30-14-25-13-26-30)23(32)28-18-7-5-17(6-8-18)27-22(31)11-19-12-35-24(29-19)16-4-9-20(33-2)21(10-16)34-3/h4-10,12-15H,11H2,1-3H3,(H,27,31)(H,28,32). The summed E-state index contributed by atoms with van der Waals surface area (Å²) < 4.78 is 12.1. The lowest BCUT2D eigenvalue weighted by molar-refractivity contribution is -0.119. The quantitative estimate of drug-likeness (QED) is 0.365. The van der Waals surface area contributed by atoms with Gasteiger partial charge < -0.3 is 20.1 Å². The molecule has 2 aromatic heterocycles. The minimum Gasteiger partial charge on any atom is -0.493 e. The van der Waals surface area contributed by atoms with Crippen LogP contribution in [0.5, 0.6) is 11.5 Å². The number of amides is 2. The molecule has 0 aliphatic rings. The molecule has 2 heterocycles. The van der Waals surface area contributed by atoms with Gasteiger partial charge in [0.2, 0.25) is 11.8 Å². The molecule has 2 N–H and O–H groups in total. The Morgan fingerprint density at radius 1 is 1.03 bits per heavy atom. The summed E-state index contributed by atoms with van der Waals surface area (Å²) in [7, 11) is 3.17. The Labute approximate surface area is 205 Å². The van der Waals surface area contributed by atoms with E-state index in [2.05, 4.69) is 25.7 Å². The first-order chi connectivity index (χ1) is 17.0. The SMILES string of the molecule is COc1ccc(-c2nc(CC(=O)Nc3ccc(NC(=O)C(C)n4cncn4)cc3)cs2)cc1OC. The molecule has 4 aromatic rings. The van der Waals surface area contributed by atoms with Crippen molar-refractivity contribution in [3.8, 4) is 22.1 Å². The molecule has 0 aliphatic heterocycles. The van der Waals surface area contributed by atoms with Crippen molar-refractivity contribution in [2.24, 2.45) is 0 Å². The first kappa shape index (κ1) is 23.9. The highest BCUT2D eigenvalue weighted by atomic mass is 32.1. The lowest BCUT2D eigenvalue weighted by Crippen LogP contribution is -2.24. The third-order valence-corrected chi connectivity index (χ3v) is 6.11. The number of methoxy groups -OCH3 is 2. The number of thiazole rings is 1. The molecule has 4 rings (SSSR count). The highest BCUT2D eigenvalue weighted by Crippen LogP contribution is 2.33. The number of nitrogens with one attached hydrogen (secondary N) is 2. The Bertz CT molecular complexity index is 1300. The zero-order valence-electron chi connectivity index (χ0n) is 19.4.